The first-order chi connectivity index (χ1) is 9.58. The van der Waals surface area contributed by atoms with Crippen molar-refractivity contribution in [1.82, 2.24) is 0 Å². The highest BCUT2D eigenvalue weighted by Crippen LogP contribution is 2.21. The lowest BCUT2D eigenvalue weighted by Crippen LogP contribution is -2.20. The number of aliphatic hydroxyl groups is 1. The molecule has 2 amide bonds. The average molecular weight is 295 g/mol. The molecule has 2 rings (SSSR count). The van der Waals surface area contributed by atoms with E-state index in [1.54, 1.807) is 18.2 Å². The van der Waals surface area contributed by atoms with Crippen molar-refractivity contribution in [2.45, 2.75) is 6.61 Å². The maximum absolute atomic E-state index is 13.0. The molecule has 20 heavy (non-hydrogen) atoms. The van der Waals surface area contributed by atoms with E-state index >= 15 is 0 Å². The van der Waals surface area contributed by atoms with Gasteiger partial charge in [0, 0.05) is 22.0 Å². The number of carbonyl (C=O) groups is 1. The number of benzene rings is 2. The highest BCUT2D eigenvalue weighted by molar-refractivity contribution is 6.31. The van der Waals surface area contributed by atoms with Crippen LogP contribution in [0, 0.1) is 5.82 Å². The van der Waals surface area contributed by atoms with Gasteiger partial charge < -0.3 is 15.7 Å². The minimum Gasteiger partial charge on any atom is -0.392 e. The largest absolute Gasteiger partial charge is 0.392 e. The van der Waals surface area contributed by atoms with Crippen LogP contribution in [0.2, 0.25) is 5.02 Å². The van der Waals surface area contributed by atoms with E-state index in [-0.39, 0.29) is 6.61 Å². The molecule has 0 aromatic heterocycles. The second-order valence-corrected chi connectivity index (χ2v) is 4.49. The van der Waals surface area contributed by atoms with Crippen LogP contribution in [0.15, 0.2) is 42.5 Å². The number of nitrogens with one attached hydrogen (secondary N) is 2. The van der Waals surface area contributed by atoms with Crippen LogP contribution in [0.1, 0.15) is 5.56 Å². The zero-order valence-electron chi connectivity index (χ0n) is 10.4. The fraction of sp³-hybridized carbons (Fsp3) is 0.0714. The summed E-state index contributed by atoms with van der Waals surface area (Å²) in [6.45, 7) is -0.229. The molecule has 2 aromatic rings. The minimum absolute atomic E-state index is 0.229. The molecule has 0 saturated carbocycles. The molecule has 0 radical (unpaired) electrons. The second kappa shape index (κ2) is 6.36. The number of carbonyl (C=O) groups excluding carboxylic acids is 1. The van der Waals surface area contributed by atoms with Crippen LogP contribution < -0.4 is 10.6 Å². The number of anilines is 2. The van der Waals surface area contributed by atoms with Crippen molar-refractivity contribution in [2.75, 3.05) is 10.6 Å². The molecule has 0 unspecified atom stereocenters. The summed E-state index contributed by atoms with van der Waals surface area (Å²) in [6, 6.07) is 9.74. The van der Waals surface area contributed by atoms with Crippen LogP contribution >= 0.6 is 11.6 Å². The Kier molecular flexibility index (Phi) is 4.55. The Labute approximate surface area is 120 Å². The molecule has 0 spiro atoms. The molecular weight excluding hydrogens is 283 g/mol. The number of aliphatic hydroxyl groups excluding tert-OH is 1. The summed E-state index contributed by atoms with van der Waals surface area (Å²) in [7, 11) is 0. The molecule has 6 heteroatoms. The first-order valence-corrected chi connectivity index (χ1v) is 6.19. The standard InChI is InChI=1S/C14H12ClFN2O2/c15-10-5-4-9(8-19)13(6-10)18-14(20)17-12-3-1-2-11(16)7-12/h1-7,19H,8H2,(H2,17,18,20). The predicted molar refractivity (Wildman–Crippen MR) is 76.4 cm³/mol. The number of urea groups is 1. The Hall–Kier alpha value is -2.11. The summed E-state index contributed by atoms with van der Waals surface area (Å²) >= 11 is 5.84. The van der Waals surface area contributed by atoms with Gasteiger partial charge in [0.2, 0.25) is 0 Å². The van der Waals surface area contributed by atoms with E-state index in [9.17, 15) is 14.3 Å². The molecular formula is C14H12ClFN2O2. The van der Waals surface area contributed by atoms with Crippen molar-refractivity contribution in [2.24, 2.45) is 0 Å². The number of halogens is 2. The molecule has 0 aliphatic carbocycles. The second-order valence-electron chi connectivity index (χ2n) is 4.05. The normalized spacial score (nSPS) is 10.2. The van der Waals surface area contributed by atoms with E-state index in [2.05, 4.69) is 10.6 Å². The van der Waals surface area contributed by atoms with Gasteiger partial charge in [0.15, 0.2) is 0 Å². The Morgan fingerprint density at radius 3 is 2.70 bits per heavy atom. The lowest BCUT2D eigenvalue weighted by atomic mass is 10.2. The molecule has 0 aliphatic heterocycles. The van der Waals surface area contributed by atoms with E-state index in [0.717, 1.165) is 0 Å². The molecule has 0 fully saturated rings. The SMILES string of the molecule is O=C(Nc1cccc(F)c1)Nc1cc(Cl)ccc1CO. The molecule has 104 valence electrons. The Morgan fingerprint density at radius 2 is 2.00 bits per heavy atom. The van der Waals surface area contributed by atoms with Gasteiger partial charge in [0.1, 0.15) is 5.82 Å². The summed E-state index contributed by atoms with van der Waals surface area (Å²) in [5, 5.41) is 14.7. The van der Waals surface area contributed by atoms with Gasteiger partial charge in [0.05, 0.1) is 6.61 Å². The van der Waals surface area contributed by atoms with E-state index in [1.807, 2.05) is 0 Å². The van der Waals surface area contributed by atoms with Gasteiger partial charge in [-0.3, -0.25) is 0 Å². The highest BCUT2D eigenvalue weighted by Gasteiger charge is 2.07. The van der Waals surface area contributed by atoms with Crippen molar-refractivity contribution in [3.8, 4) is 0 Å². The molecule has 2 aromatic carbocycles. The number of rotatable bonds is 3. The van der Waals surface area contributed by atoms with Crippen molar-refractivity contribution < 1.29 is 14.3 Å². The van der Waals surface area contributed by atoms with Gasteiger partial charge in [0.25, 0.3) is 0 Å². The molecule has 0 saturated heterocycles. The number of amides is 2. The lowest BCUT2D eigenvalue weighted by Gasteiger charge is -2.11. The summed E-state index contributed by atoms with van der Waals surface area (Å²) in [4.78, 5) is 11.8. The summed E-state index contributed by atoms with van der Waals surface area (Å²) in [5.74, 6) is -0.443. The van der Waals surface area contributed by atoms with Gasteiger partial charge in [-0.1, -0.05) is 23.7 Å². The van der Waals surface area contributed by atoms with Gasteiger partial charge >= 0.3 is 6.03 Å². The van der Waals surface area contributed by atoms with E-state index in [1.165, 1.54) is 24.3 Å². The van der Waals surface area contributed by atoms with Crippen LogP contribution in [0.25, 0.3) is 0 Å². The zero-order valence-corrected chi connectivity index (χ0v) is 11.1. The molecule has 0 heterocycles. The third-order valence-corrected chi connectivity index (χ3v) is 2.81. The smallest absolute Gasteiger partial charge is 0.323 e. The summed E-state index contributed by atoms with van der Waals surface area (Å²) in [5.41, 5.74) is 1.26. The first-order valence-electron chi connectivity index (χ1n) is 5.81. The van der Waals surface area contributed by atoms with Crippen molar-refractivity contribution in [1.29, 1.82) is 0 Å². The fourth-order valence-electron chi connectivity index (χ4n) is 1.65. The predicted octanol–water partition coefficient (Wildman–Crippen LogP) is 3.62. The third-order valence-electron chi connectivity index (χ3n) is 2.57. The monoisotopic (exact) mass is 294 g/mol. The van der Waals surface area contributed by atoms with Crippen molar-refractivity contribution in [3.05, 3.63) is 58.9 Å². The van der Waals surface area contributed by atoms with Crippen molar-refractivity contribution >= 4 is 29.0 Å². The molecule has 0 atom stereocenters. The Morgan fingerprint density at radius 1 is 1.20 bits per heavy atom. The lowest BCUT2D eigenvalue weighted by molar-refractivity contribution is 0.262. The van der Waals surface area contributed by atoms with Gasteiger partial charge in [-0.05, 0) is 30.3 Å². The fourth-order valence-corrected chi connectivity index (χ4v) is 1.83. The Balaban J connectivity index is 2.10. The average Bonchev–Trinajstić information content (AvgIpc) is 2.38. The summed E-state index contributed by atoms with van der Waals surface area (Å²) < 4.78 is 13.0. The third kappa shape index (κ3) is 3.69. The van der Waals surface area contributed by atoms with E-state index < -0.39 is 11.8 Å². The highest BCUT2D eigenvalue weighted by atomic mass is 35.5. The maximum atomic E-state index is 13.0. The zero-order chi connectivity index (χ0) is 14.5. The van der Waals surface area contributed by atoms with Gasteiger partial charge in [-0.25, -0.2) is 9.18 Å². The van der Waals surface area contributed by atoms with Crippen LogP contribution in [-0.2, 0) is 6.61 Å². The van der Waals surface area contributed by atoms with E-state index in [0.29, 0.717) is 22.0 Å². The van der Waals surface area contributed by atoms with Gasteiger partial charge in [-0.15, -0.1) is 0 Å². The molecule has 3 N–H and O–H groups in total. The topological polar surface area (TPSA) is 61.4 Å². The summed E-state index contributed by atoms with van der Waals surface area (Å²) in [6.07, 6.45) is 0. The van der Waals surface area contributed by atoms with E-state index in [4.69, 9.17) is 11.6 Å². The minimum atomic E-state index is -0.549. The van der Waals surface area contributed by atoms with Crippen molar-refractivity contribution in [3.63, 3.8) is 0 Å². The first kappa shape index (κ1) is 14.3. The number of hydrogen-bond donors (Lipinski definition) is 3. The van der Waals surface area contributed by atoms with Crippen LogP contribution in [0.3, 0.4) is 0 Å². The Bertz CT molecular complexity index is 634. The molecule has 4 nitrogen and oxygen atoms in total. The molecule has 0 bridgehead atoms. The van der Waals surface area contributed by atoms with Crippen LogP contribution in [0.4, 0.5) is 20.6 Å². The van der Waals surface area contributed by atoms with Gasteiger partial charge in [-0.2, -0.15) is 0 Å². The maximum Gasteiger partial charge on any atom is 0.323 e. The van der Waals surface area contributed by atoms with Crippen LogP contribution in [-0.4, -0.2) is 11.1 Å². The molecule has 0 aliphatic rings. The number of hydrogen-bond acceptors (Lipinski definition) is 2. The quantitative estimate of drug-likeness (QED) is 0.810. The van der Waals surface area contributed by atoms with Crippen LogP contribution in [0.5, 0.6) is 0 Å².